The molecule has 4 aromatic rings. The van der Waals surface area contributed by atoms with E-state index in [0.29, 0.717) is 0 Å². The molecule has 0 heteroatoms. The molecule has 0 saturated carbocycles. The number of hydrogen-bond acceptors (Lipinski definition) is 0. The summed E-state index contributed by atoms with van der Waals surface area (Å²) >= 11 is 0. The highest BCUT2D eigenvalue weighted by molar-refractivity contribution is 5.99. The van der Waals surface area contributed by atoms with E-state index in [1.54, 1.807) is 0 Å². The molecule has 0 N–H and O–H groups in total. The lowest BCUT2D eigenvalue weighted by Crippen LogP contribution is -1.87. The average molecular weight is 423 g/mol. The summed E-state index contributed by atoms with van der Waals surface area (Å²) in [6.07, 6.45) is 13.0. The standard InChI is InChI=1S/C32H38/c1-3-5-7-9-11-25-13-16-27(17-14-25)28-19-20-30-23-31-21-26(12-10-8-6-4-2)15-18-29(31)24-32(30)22-28/h13-24H,3-12H2,1-2H3. The normalized spacial score (nSPS) is 11.4. The van der Waals surface area contributed by atoms with Gasteiger partial charge in [0.1, 0.15) is 0 Å². The Morgan fingerprint density at radius 2 is 0.938 bits per heavy atom. The number of fused-ring (bicyclic) bond motifs is 2. The van der Waals surface area contributed by atoms with Crippen LogP contribution in [0.2, 0.25) is 0 Å². The molecule has 0 radical (unpaired) electrons. The summed E-state index contributed by atoms with van der Waals surface area (Å²) in [7, 11) is 0. The third-order valence-corrected chi connectivity index (χ3v) is 6.79. The topological polar surface area (TPSA) is 0 Å². The maximum atomic E-state index is 2.40. The lowest BCUT2D eigenvalue weighted by Gasteiger charge is -2.09. The van der Waals surface area contributed by atoms with Crippen LogP contribution in [0.15, 0.2) is 72.8 Å². The van der Waals surface area contributed by atoms with Crippen LogP contribution in [0, 0.1) is 0 Å². The summed E-state index contributed by atoms with van der Waals surface area (Å²) in [6, 6.07) is 27.9. The monoisotopic (exact) mass is 422 g/mol. The van der Waals surface area contributed by atoms with Crippen LogP contribution in [-0.4, -0.2) is 0 Å². The Morgan fingerprint density at radius 1 is 0.406 bits per heavy atom. The smallest absolute Gasteiger partial charge is 0.0171 e. The van der Waals surface area contributed by atoms with E-state index in [1.165, 1.54) is 108 Å². The lowest BCUT2D eigenvalue weighted by atomic mass is 9.96. The van der Waals surface area contributed by atoms with E-state index in [4.69, 9.17) is 0 Å². The van der Waals surface area contributed by atoms with Crippen LogP contribution in [0.25, 0.3) is 32.7 Å². The van der Waals surface area contributed by atoms with E-state index in [-0.39, 0.29) is 0 Å². The molecule has 4 rings (SSSR count). The van der Waals surface area contributed by atoms with Gasteiger partial charge in [0, 0.05) is 0 Å². The first-order chi connectivity index (χ1) is 15.8. The van der Waals surface area contributed by atoms with Crippen molar-refractivity contribution < 1.29 is 0 Å². The van der Waals surface area contributed by atoms with Crippen molar-refractivity contribution in [3.8, 4) is 11.1 Å². The molecule has 0 heterocycles. The largest absolute Gasteiger partial charge is 0.0654 e. The second kappa shape index (κ2) is 11.3. The quantitative estimate of drug-likeness (QED) is 0.167. The van der Waals surface area contributed by atoms with Gasteiger partial charge >= 0.3 is 0 Å². The van der Waals surface area contributed by atoms with E-state index >= 15 is 0 Å². The van der Waals surface area contributed by atoms with Crippen molar-refractivity contribution in [3.63, 3.8) is 0 Å². The van der Waals surface area contributed by atoms with Crippen molar-refractivity contribution in [3.05, 3.63) is 83.9 Å². The van der Waals surface area contributed by atoms with Gasteiger partial charge in [-0.2, -0.15) is 0 Å². The number of hydrogen-bond donors (Lipinski definition) is 0. The first-order valence-electron chi connectivity index (χ1n) is 12.8. The zero-order valence-corrected chi connectivity index (χ0v) is 20.0. The minimum atomic E-state index is 1.20. The molecule has 0 nitrogen and oxygen atoms in total. The molecule has 0 bridgehead atoms. The highest BCUT2D eigenvalue weighted by atomic mass is 14.1. The molecule has 0 aliphatic rings. The number of aryl methyl sites for hydroxylation is 2. The van der Waals surface area contributed by atoms with Gasteiger partial charge in [-0.25, -0.2) is 0 Å². The van der Waals surface area contributed by atoms with Crippen molar-refractivity contribution in [2.45, 2.75) is 78.1 Å². The molecule has 166 valence electrons. The fourth-order valence-electron chi connectivity index (χ4n) is 4.76. The van der Waals surface area contributed by atoms with Crippen molar-refractivity contribution >= 4 is 21.5 Å². The number of rotatable bonds is 11. The Morgan fingerprint density at radius 3 is 1.59 bits per heavy atom. The molecule has 0 aromatic heterocycles. The third kappa shape index (κ3) is 5.80. The van der Waals surface area contributed by atoms with Crippen LogP contribution in [-0.2, 0) is 12.8 Å². The SMILES string of the molecule is CCCCCCc1ccc(-c2ccc3cc4cc(CCCCCC)ccc4cc3c2)cc1. The number of unbranched alkanes of at least 4 members (excludes halogenated alkanes) is 6. The van der Waals surface area contributed by atoms with Gasteiger partial charge in [-0.15, -0.1) is 0 Å². The predicted molar refractivity (Wildman–Crippen MR) is 143 cm³/mol. The van der Waals surface area contributed by atoms with Crippen molar-refractivity contribution in [1.82, 2.24) is 0 Å². The fraction of sp³-hybridized carbons (Fsp3) is 0.375. The third-order valence-electron chi connectivity index (χ3n) is 6.79. The van der Waals surface area contributed by atoms with Crippen molar-refractivity contribution in [2.75, 3.05) is 0 Å². The Hall–Kier alpha value is -2.60. The number of benzene rings is 4. The van der Waals surface area contributed by atoms with Gasteiger partial charge in [0.15, 0.2) is 0 Å². The molecule has 0 aliphatic carbocycles. The second-order valence-corrected chi connectivity index (χ2v) is 9.41. The van der Waals surface area contributed by atoms with Gasteiger partial charge in [-0.3, -0.25) is 0 Å². The van der Waals surface area contributed by atoms with Gasteiger partial charge in [0.05, 0.1) is 0 Å². The second-order valence-electron chi connectivity index (χ2n) is 9.41. The highest BCUT2D eigenvalue weighted by Gasteiger charge is 2.04. The summed E-state index contributed by atoms with van der Waals surface area (Å²) in [5.74, 6) is 0. The fourth-order valence-corrected chi connectivity index (χ4v) is 4.76. The van der Waals surface area contributed by atoms with E-state index < -0.39 is 0 Å². The lowest BCUT2D eigenvalue weighted by molar-refractivity contribution is 0.667. The van der Waals surface area contributed by atoms with E-state index in [0.717, 1.165) is 0 Å². The van der Waals surface area contributed by atoms with E-state index in [1.807, 2.05) is 0 Å². The maximum Gasteiger partial charge on any atom is -0.0171 e. The molecule has 0 atom stereocenters. The molecule has 0 spiro atoms. The zero-order chi connectivity index (χ0) is 22.2. The molecule has 0 aliphatic heterocycles. The van der Waals surface area contributed by atoms with E-state index in [2.05, 4.69) is 86.6 Å². The zero-order valence-electron chi connectivity index (χ0n) is 20.0. The van der Waals surface area contributed by atoms with Gasteiger partial charge in [0.2, 0.25) is 0 Å². The van der Waals surface area contributed by atoms with Gasteiger partial charge < -0.3 is 0 Å². The van der Waals surface area contributed by atoms with Gasteiger partial charge in [-0.1, -0.05) is 107 Å². The first kappa shape index (κ1) is 22.6. The van der Waals surface area contributed by atoms with Crippen molar-refractivity contribution in [1.29, 1.82) is 0 Å². The van der Waals surface area contributed by atoms with Crippen LogP contribution in [0.1, 0.15) is 76.3 Å². The molecule has 4 aromatic carbocycles. The minimum absolute atomic E-state index is 1.20. The summed E-state index contributed by atoms with van der Waals surface area (Å²) in [6.45, 7) is 4.55. The first-order valence-corrected chi connectivity index (χ1v) is 12.8. The highest BCUT2D eigenvalue weighted by Crippen LogP contribution is 2.29. The van der Waals surface area contributed by atoms with Gasteiger partial charge in [-0.05, 0) is 87.7 Å². The van der Waals surface area contributed by atoms with Crippen LogP contribution < -0.4 is 0 Å². The summed E-state index contributed by atoms with van der Waals surface area (Å²) in [5, 5.41) is 5.37. The van der Waals surface area contributed by atoms with Crippen LogP contribution in [0.3, 0.4) is 0 Å². The van der Waals surface area contributed by atoms with Gasteiger partial charge in [0.25, 0.3) is 0 Å². The van der Waals surface area contributed by atoms with Crippen LogP contribution in [0.5, 0.6) is 0 Å². The Balaban J connectivity index is 1.50. The minimum Gasteiger partial charge on any atom is -0.0654 e. The van der Waals surface area contributed by atoms with Crippen LogP contribution >= 0.6 is 0 Å². The van der Waals surface area contributed by atoms with Crippen LogP contribution in [0.4, 0.5) is 0 Å². The summed E-state index contributed by atoms with van der Waals surface area (Å²) in [4.78, 5) is 0. The molecule has 0 saturated heterocycles. The summed E-state index contributed by atoms with van der Waals surface area (Å²) < 4.78 is 0. The predicted octanol–water partition coefficient (Wildman–Crippen LogP) is 9.91. The Bertz CT molecular complexity index is 1130. The molecular formula is C32H38. The molecule has 0 fully saturated rings. The molecular weight excluding hydrogens is 384 g/mol. The average Bonchev–Trinajstić information content (AvgIpc) is 2.83. The molecule has 32 heavy (non-hydrogen) atoms. The molecule has 0 amide bonds. The summed E-state index contributed by atoms with van der Waals surface area (Å²) in [5.41, 5.74) is 5.55. The Labute approximate surface area is 194 Å². The maximum absolute atomic E-state index is 2.40. The van der Waals surface area contributed by atoms with E-state index in [9.17, 15) is 0 Å². The Kier molecular flexibility index (Phi) is 7.99. The van der Waals surface area contributed by atoms with Crippen molar-refractivity contribution in [2.24, 2.45) is 0 Å². The molecule has 0 unspecified atom stereocenters.